The molecule has 1 amide bonds. The number of hydrogen-bond acceptors (Lipinski definition) is 4. The van der Waals surface area contributed by atoms with Gasteiger partial charge in [-0.2, -0.15) is 0 Å². The molecule has 0 bridgehead atoms. The van der Waals surface area contributed by atoms with Crippen molar-refractivity contribution in [3.8, 4) is 11.5 Å². The average Bonchev–Trinajstić information content (AvgIpc) is 2.87. The molecule has 3 rings (SSSR count). The van der Waals surface area contributed by atoms with Gasteiger partial charge in [0.2, 0.25) is 5.75 Å². The van der Waals surface area contributed by atoms with E-state index in [1.54, 1.807) is 23.8 Å². The van der Waals surface area contributed by atoms with E-state index < -0.39 is 0 Å². The van der Waals surface area contributed by atoms with Crippen LogP contribution in [-0.2, 0) is 6.54 Å². The Bertz CT molecular complexity index is 1170. The topological polar surface area (TPSA) is 69.6 Å². The second-order valence-corrected chi connectivity index (χ2v) is 9.14. The van der Waals surface area contributed by atoms with Gasteiger partial charge < -0.3 is 19.4 Å². The van der Waals surface area contributed by atoms with Gasteiger partial charge in [-0.3, -0.25) is 9.59 Å². The number of unbranched alkanes of at least 4 members (excludes halogenated alkanes) is 3. The molecule has 6 nitrogen and oxygen atoms in total. The van der Waals surface area contributed by atoms with E-state index in [9.17, 15) is 9.59 Å². The van der Waals surface area contributed by atoms with Crippen LogP contribution in [0, 0.1) is 5.92 Å². The summed E-state index contributed by atoms with van der Waals surface area (Å²) < 4.78 is 13.5. The second kappa shape index (κ2) is 13.0. The number of rotatable bonds is 13. The summed E-state index contributed by atoms with van der Waals surface area (Å²) in [5, 5.41) is 3.74. The SMILES string of the molecule is CCCCCCn1c(=O)c(OCC(C)CCC)c(OC)c2ccc(NC(=O)c3ccccc3)cc21. The van der Waals surface area contributed by atoms with Crippen LogP contribution in [0.1, 0.15) is 69.7 Å². The number of amides is 1. The lowest BCUT2D eigenvalue weighted by Crippen LogP contribution is -2.25. The molecule has 35 heavy (non-hydrogen) atoms. The van der Waals surface area contributed by atoms with Gasteiger partial charge in [0, 0.05) is 23.2 Å². The Balaban J connectivity index is 2.02. The molecule has 0 aliphatic rings. The van der Waals surface area contributed by atoms with Crippen LogP contribution >= 0.6 is 0 Å². The maximum atomic E-state index is 13.6. The number of carbonyl (C=O) groups is 1. The smallest absolute Gasteiger partial charge is 0.297 e. The van der Waals surface area contributed by atoms with Crippen LogP contribution in [0.3, 0.4) is 0 Å². The van der Waals surface area contributed by atoms with Crippen molar-refractivity contribution in [2.45, 2.75) is 65.8 Å². The van der Waals surface area contributed by atoms with Crippen molar-refractivity contribution in [3.63, 3.8) is 0 Å². The van der Waals surface area contributed by atoms with E-state index in [-0.39, 0.29) is 17.2 Å². The Morgan fingerprint density at radius 2 is 1.77 bits per heavy atom. The number of aromatic nitrogens is 1. The van der Waals surface area contributed by atoms with Gasteiger partial charge in [-0.15, -0.1) is 0 Å². The zero-order valence-electron chi connectivity index (χ0n) is 21.4. The summed E-state index contributed by atoms with van der Waals surface area (Å²) in [5.41, 5.74) is 1.73. The predicted molar refractivity (Wildman–Crippen MR) is 143 cm³/mol. The molecule has 0 spiro atoms. The van der Waals surface area contributed by atoms with Gasteiger partial charge in [0.05, 0.1) is 19.2 Å². The minimum atomic E-state index is -0.196. The molecular weight excluding hydrogens is 440 g/mol. The van der Waals surface area contributed by atoms with E-state index in [1.807, 2.05) is 36.4 Å². The van der Waals surface area contributed by atoms with Crippen molar-refractivity contribution in [1.29, 1.82) is 0 Å². The number of methoxy groups -OCH3 is 1. The first-order valence-corrected chi connectivity index (χ1v) is 12.7. The normalized spacial score (nSPS) is 11.9. The highest BCUT2D eigenvalue weighted by Crippen LogP contribution is 2.34. The van der Waals surface area contributed by atoms with Crippen LogP contribution in [-0.4, -0.2) is 24.2 Å². The predicted octanol–water partition coefficient (Wildman–Crippen LogP) is 6.66. The summed E-state index contributed by atoms with van der Waals surface area (Å²) in [6, 6.07) is 14.6. The summed E-state index contributed by atoms with van der Waals surface area (Å²) in [4.78, 5) is 26.3. The highest BCUT2D eigenvalue weighted by atomic mass is 16.5. The molecule has 0 aliphatic carbocycles. The standard InChI is InChI=1S/C29H38N2O4/c1-5-7-8-12-18-31-25-19-23(30-28(32)22-14-10-9-11-15-22)16-17-24(25)26(34-4)27(29(31)33)35-20-21(3)13-6-2/h9-11,14-17,19,21H,5-8,12-13,18,20H2,1-4H3,(H,30,32). The highest BCUT2D eigenvalue weighted by molar-refractivity contribution is 6.05. The van der Waals surface area contributed by atoms with E-state index in [1.165, 1.54) is 0 Å². The van der Waals surface area contributed by atoms with Gasteiger partial charge in [0.15, 0.2) is 5.75 Å². The Morgan fingerprint density at radius 1 is 1.00 bits per heavy atom. The molecule has 6 heteroatoms. The maximum absolute atomic E-state index is 13.6. The fourth-order valence-corrected chi connectivity index (χ4v) is 4.32. The molecule has 188 valence electrons. The van der Waals surface area contributed by atoms with Crippen molar-refractivity contribution in [1.82, 2.24) is 4.57 Å². The second-order valence-electron chi connectivity index (χ2n) is 9.14. The molecule has 1 heterocycles. The third-order valence-corrected chi connectivity index (χ3v) is 6.21. The van der Waals surface area contributed by atoms with Crippen LogP contribution in [0.25, 0.3) is 10.9 Å². The van der Waals surface area contributed by atoms with E-state index in [4.69, 9.17) is 9.47 Å². The number of nitrogens with one attached hydrogen (secondary N) is 1. The molecule has 1 aromatic heterocycles. The largest absolute Gasteiger partial charge is 0.492 e. The van der Waals surface area contributed by atoms with Crippen LogP contribution in [0.4, 0.5) is 5.69 Å². The van der Waals surface area contributed by atoms with Crippen molar-refractivity contribution in [2.24, 2.45) is 5.92 Å². The Kier molecular flexibility index (Phi) is 9.76. The first-order chi connectivity index (χ1) is 17.0. The fourth-order valence-electron chi connectivity index (χ4n) is 4.32. The number of fused-ring (bicyclic) bond motifs is 1. The average molecular weight is 479 g/mol. The Hall–Kier alpha value is -3.28. The first kappa shape index (κ1) is 26.3. The monoisotopic (exact) mass is 478 g/mol. The minimum absolute atomic E-state index is 0.193. The van der Waals surface area contributed by atoms with Gasteiger partial charge in [-0.1, -0.05) is 64.7 Å². The fraction of sp³-hybridized carbons (Fsp3) is 0.448. The minimum Gasteiger partial charge on any atom is -0.492 e. The Labute approximate surface area is 208 Å². The van der Waals surface area contributed by atoms with Crippen LogP contribution in [0.5, 0.6) is 11.5 Å². The zero-order chi connectivity index (χ0) is 25.2. The summed E-state index contributed by atoms with van der Waals surface area (Å²) in [7, 11) is 1.56. The Morgan fingerprint density at radius 3 is 2.46 bits per heavy atom. The number of pyridine rings is 1. The highest BCUT2D eigenvalue weighted by Gasteiger charge is 2.20. The third-order valence-electron chi connectivity index (χ3n) is 6.21. The number of ether oxygens (including phenoxy) is 2. The molecule has 1 unspecified atom stereocenters. The molecule has 1 atom stereocenters. The lowest BCUT2D eigenvalue weighted by molar-refractivity contribution is 0.102. The third kappa shape index (κ3) is 6.65. The maximum Gasteiger partial charge on any atom is 0.297 e. The first-order valence-electron chi connectivity index (χ1n) is 12.7. The van der Waals surface area contributed by atoms with Gasteiger partial charge >= 0.3 is 0 Å². The number of carbonyl (C=O) groups excluding carboxylic acids is 1. The van der Waals surface area contributed by atoms with E-state index >= 15 is 0 Å². The molecule has 1 N–H and O–H groups in total. The number of anilines is 1. The molecule has 0 fully saturated rings. The van der Waals surface area contributed by atoms with Gasteiger partial charge in [0.1, 0.15) is 0 Å². The summed E-state index contributed by atoms with van der Waals surface area (Å²) in [5.74, 6) is 0.853. The van der Waals surface area contributed by atoms with E-state index in [0.717, 1.165) is 49.4 Å². The van der Waals surface area contributed by atoms with Crippen molar-refractivity contribution in [3.05, 3.63) is 64.4 Å². The van der Waals surface area contributed by atoms with Crippen molar-refractivity contribution in [2.75, 3.05) is 19.0 Å². The molecule has 0 aliphatic heterocycles. The number of benzene rings is 2. The number of hydrogen-bond donors (Lipinski definition) is 1. The quantitative estimate of drug-likeness (QED) is 0.279. The lowest BCUT2D eigenvalue weighted by Gasteiger charge is -2.19. The number of nitrogens with zero attached hydrogens (tertiary/aromatic N) is 1. The van der Waals surface area contributed by atoms with Crippen molar-refractivity contribution < 1.29 is 14.3 Å². The van der Waals surface area contributed by atoms with E-state index in [0.29, 0.717) is 36.1 Å². The summed E-state index contributed by atoms with van der Waals surface area (Å²) in [6.07, 6.45) is 6.28. The molecule has 0 radical (unpaired) electrons. The van der Waals surface area contributed by atoms with Crippen LogP contribution < -0.4 is 20.3 Å². The van der Waals surface area contributed by atoms with Crippen LogP contribution in [0.15, 0.2) is 53.3 Å². The molecule has 0 saturated carbocycles. The van der Waals surface area contributed by atoms with Gasteiger partial charge in [0.25, 0.3) is 11.5 Å². The molecular formula is C29H38N2O4. The zero-order valence-corrected chi connectivity index (χ0v) is 21.4. The summed E-state index contributed by atoms with van der Waals surface area (Å²) >= 11 is 0. The molecule has 2 aromatic carbocycles. The summed E-state index contributed by atoms with van der Waals surface area (Å²) in [6.45, 7) is 7.48. The van der Waals surface area contributed by atoms with E-state index in [2.05, 4.69) is 26.1 Å². The number of aryl methyl sites for hydroxylation is 1. The van der Waals surface area contributed by atoms with Gasteiger partial charge in [-0.25, -0.2) is 0 Å². The lowest BCUT2D eigenvalue weighted by atomic mass is 10.1. The molecule has 0 saturated heterocycles. The van der Waals surface area contributed by atoms with Gasteiger partial charge in [-0.05, 0) is 49.1 Å². The van der Waals surface area contributed by atoms with Crippen molar-refractivity contribution >= 4 is 22.5 Å². The van der Waals surface area contributed by atoms with Crippen LogP contribution in [0.2, 0.25) is 0 Å². The molecule has 3 aromatic rings.